The second-order valence-corrected chi connectivity index (χ2v) is 8.21. The number of hydrogen-bond donors (Lipinski definition) is 1. The summed E-state index contributed by atoms with van der Waals surface area (Å²) in [4.78, 5) is 1.94. The maximum absolute atomic E-state index is 11.4. The first-order valence-corrected chi connectivity index (χ1v) is 8.83. The topological polar surface area (TPSA) is 57.6 Å². The SMILES string of the molecule is CN(C[C@@H](O)c1ccc(Br)cc1)[C@H]1CCS(=O)(=O)C1. The molecule has 0 amide bonds. The maximum atomic E-state index is 11.4. The van der Waals surface area contributed by atoms with E-state index in [2.05, 4.69) is 15.9 Å². The molecular formula is C13H18BrNO3S. The summed E-state index contributed by atoms with van der Waals surface area (Å²) in [5.74, 6) is 0.465. The number of sulfone groups is 1. The Morgan fingerprint density at radius 1 is 1.42 bits per heavy atom. The van der Waals surface area contributed by atoms with Crippen molar-refractivity contribution in [3.63, 3.8) is 0 Å². The Hall–Kier alpha value is -0.430. The third-order valence-electron chi connectivity index (χ3n) is 3.55. The fourth-order valence-electron chi connectivity index (χ4n) is 2.34. The van der Waals surface area contributed by atoms with E-state index in [1.54, 1.807) is 0 Å². The van der Waals surface area contributed by atoms with Gasteiger partial charge in [0.25, 0.3) is 0 Å². The van der Waals surface area contributed by atoms with Crippen LogP contribution >= 0.6 is 15.9 Å². The zero-order valence-corrected chi connectivity index (χ0v) is 13.2. The van der Waals surface area contributed by atoms with E-state index >= 15 is 0 Å². The van der Waals surface area contributed by atoms with Gasteiger partial charge in [0.1, 0.15) is 0 Å². The third kappa shape index (κ3) is 4.02. The summed E-state index contributed by atoms with van der Waals surface area (Å²) >= 11 is 3.35. The molecule has 1 aliphatic rings. The average molecular weight is 348 g/mol. The average Bonchev–Trinajstić information content (AvgIpc) is 2.70. The lowest BCUT2D eigenvalue weighted by atomic mass is 10.1. The first-order chi connectivity index (χ1) is 8.87. The van der Waals surface area contributed by atoms with Crippen LogP contribution in [-0.2, 0) is 9.84 Å². The van der Waals surface area contributed by atoms with Crippen molar-refractivity contribution in [3.05, 3.63) is 34.3 Å². The van der Waals surface area contributed by atoms with Crippen LogP contribution in [0.1, 0.15) is 18.1 Å². The normalized spacial score (nSPS) is 23.7. The van der Waals surface area contributed by atoms with Gasteiger partial charge in [-0.15, -0.1) is 0 Å². The number of aliphatic hydroxyl groups excluding tert-OH is 1. The lowest BCUT2D eigenvalue weighted by Gasteiger charge is -2.25. The van der Waals surface area contributed by atoms with Gasteiger partial charge in [0.05, 0.1) is 17.6 Å². The summed E-state index contributed by atoms with van der Waals surface area (Å²) < 4.78 is 23.9. The monoisotopic (exact) mass is 347 g/mol. The quantitative estimate of drug-likeness (QED) is 0.898. The molecule has 0 bridgehead atoms. The van der Waals surface area contributed by atoms with E-state index in [0.29, 0.717) is 13.0 Å². The van der Waals surface area contributed by atoms with Gasteiger partial charge >= 0.3 is 0 Å². The Bertz CT molecular complexity index is 529. The van der Waals surface area contributed by atoms with Crippen LogP contribution in [0, 0.1) is 0 Å². The van der Waals surface area contributed by atoms with E-state index in [0.717, 1.165) is 10.0 Å². The summed E-state index contributed by atoms with van der Waals surface area (Å²) in [5, 5.41) is 10.2. The second kappa shape index (κ2) is 5.91. The van der Waals surface area contributed by atoms with Crippen molar-refractivity contribution in [3.8, 4) is 0 Å². The number of hydrogen-bond acceptors (Lipinski definition) is 4. The number of aliphatic hydroxyl groups is 1. The van der Waals surface area contributed by atoms with Gasteiger partial charge in [-0.1, -0.05) is 28.1 Å². The fourth-order valence-corrected chi connectivity index (χ4v) is 4.40. The van der Waals surface area contributed by atoms with Gasteiger partial charge < -0.3 is 5.11 Å². The fraction of sp³-hybridized carbons (Fsp3) is 0.538. The van der Waals surface area contributed by atoms with Crippen molar-refractivity contribution in [2.24, 2.45) is 0 Å². The summed E-state index contributed by atoms with van der Waals surface area (Å²) in [5.41, 5.74) is 0.843. The number of benzene rings is 1. The molecule has 2 atom stereocenters. The number of rotatable bonds is 4. The molecule has 1 N–H and O–H groups in total. The van der Waals surface area contributed by atoms with E-state index in [1.807, 2.05) is 36.2 Å². The van der Waals surface area contributed by atoms with E-state index < -0.39 is 15.9 Å². The highest BCUT2D eigenvalue weighted by molar-refractivity contribution is 9.10. The summed E-state index contributed by atoms with van der Waals surface area (Å²) in [6.07, 6.45) is 0.0627. The molecule has 0 aliphatic carbocycles. The Morgan fingerprint density at radius 3 is 2.58 bits per heavy atom. The molecule has 0 aromatic heterocycles. The van der Waals surface area contributed by atoms with Crippen LogP contribution in [0.5, 0.6) is 0 Å². The minimum Gasteiger partial charge on any atom is -0.387 e. The molecule has 1 heterocycles. The molecule has 1 saturated heterocycles. The maximum Gasteiger partial charge on any atom is 0.151 e. The van der Waals surface area contributed by atoms with Crippen molar-refractivity contribution < 1.29 is 13.5 Å². The predicted octanol–water partition coefficient (Wildman–Crippen LogP) is 1.60. The van der Waals surface area contributed by atoms with Gasteiger partial charge in [-0.05, 0) is 31.2 Å². The zero-order valence-electron chi connectivity index (χ0n) is 10.8. The molecule has 4 nitrogen and oxygen atoms in total. The highest BCUT2D eigenvalue weighted by Crippen LogP contribution is 2.21. The minimum atomic E-state index is -2.88. The van der Waals surface area contributed by atoms with E-state index in [9.17, 15) is 13.5 Å². The van der Waals surface area contributed by atoms with Crippen LogP contribution in [0.3, 0.4) is 0 Å². The van der Waals surface area contributed by atoms with Crippen molar-refractivity contribution >= 4 is 25.8 Å². The Morgan fingerprint density at radius 2 is 2.05 bits per heavy atom. The van der Waals surface area contributed by atoms with Gasteiger partial charge in [0.2, 0.25) is 0 Å². The molecule has 1 aromatic rings. The predicted molar refractivity (Wildman–Crippen MR) is 78.8 cm³/mol. The standard InChI is InChI=1S/C13H18BrNO3S/c1-15(12-6-7-19(17,18)9-12)8-13(16)10-2-4-11(14)5-3-10/h2-5,12-13,16H,6-9H2,1H3/t12-,13+/m0/s1. The van der Waals surface area contributed by atoms with Crippen molar-refractivity contribution in [1.82, 2.24) is 4.90 Å². The largest absolute Gasteiger partial charge is 0.387 e. The first-order valence-electron chi connectivity index (χ1n) is 6.21. The van der Waals surface area contributed by atoms with E-state index in [-0.39, 0.29) is 17.5 Å². The van der Waals surface area contributed by atoms with E-state index in [4.69, 9.17) is 0 Å². The summed E-state index contributed by atoms with van der Waals surface area (Å²) in [6, 6.07) is 7.54. The Labute approximate surface area is 122 Å². The lowest BCUT2D eigenvalue weighted by Crippen LogP contribution is -2.35. The van der Waals surface area contributed by atoms with Gasteiger partial charge in [0, 0.05) is 17.1 Å². The van der Waals surface area contributed by atoms with Crippen LogP contribution in [0.2, 0.25) is 0 Å². The van der Waals surface area contributed by atoms with Crippen LogP contribution in [0.15, 0.2) is 28.7 Å². The molecule has 0 saturated carbocycles. The molecular weight excluding hydrogens is 330 g/mol. The van der Waals surface area contributed by atoms with Gasteiger partial charge in [0.15, 0.2) is 9.84 Å². The van der Waals surface area contributed by atoms with Gasteiger partial charge in [-0.3, -0.25) is 4.90 Å². The highest BCUT2D eigenvalue weighted by Gasteiger charge is 2.31. The Balaban J connectivity index is 1.95. The Kier molecular flexibility index (Phi) is 4.66. The van der Waals surface area contributed by atoms with Crippen LogP contribution < -0.4 is 0 Å². The second-order valence-electron chi connectivity index (χ2n) is 5.06. The van der Waals surface area contributed by atoms with Gasteiger partial charge in [-0.2, -0.15) is 0 Å². The summed E-state index contributed by atoms with van der Waals surface area (Å²) in [6.45, 7) is 0.446. The summed E-state index contributed by atoms with van der Waals surface area (Å²) in [7, 11) is -1.01. The smallest absolute Gasteiger partial charge is 0.151 e. The van der Waals surface area contributed by atoms with Crippen LogP contribution in [-0.4, -0.2) is 49.6 Å². The molecule has 1 aromatic carbocycles. The first kappa shape index (κ1) is 15.0. The number of nitrogens with zero attached hydrogens (tertiary/aromatic N) is 1. The zero-order chi connectivity index (χ0) is 14.0. The van der Waals surface area contributed by atoms with Gasteiger partial charge in [-0.25, -0.2) is 8.42 Å². The molecule has 6 heteroatoms. The molecule has 1 aliphatic heterocycles. The van der Waals surface area contributed by atoms with Crippen molar-refractivity contribution in [2.75, 3.05) is 25.1 Å². The molecule has 0 spiro atoms. The van der Waals surface area contributed by atoms with E-state index in [1.165, 1.54) is 0 Å². The van der Waals surface area contributed by atoms with Crippen LogP contribution in [0.4, 0.5) is 0 Å². The highest BCUT2D eigenvalue weighted by atomic mass is 79.9. The minimum absolute atomic E-state index is 0.0232. The van der Waals surface area contributed by atoms with Crippen molar-refractivity contribution in [2.45, 2.75) is 18.6 Å². The molecule has 2 rings (SSSR count). The number of likely N-dealkylation sites (N-methyl/N-ethyl adjacent to an activating group) is 1. The third-order valence-corrected chi connectivity index (χ3v) is 5.83. The molecule has 0 radical (unpaired) electrons. The van der Waals surface area contributed by atoms with Crippen LogP contribution in [0.25, 0.3) is 0 Å². The lowest BCUT2D eigenvalue weighted by molar-refractivity contribution is 0.110. The number of halogens is 1. The van der Waals surface area contributed by atoms with Crippen molar-refractivity contribution in [1.29, 1.82) is 0 Å². The molecule has 0 unspecified atom stereocenters. The molecule has 19 heavy (non-hydrogen) atoms. The molecule has 1 fully saturated rings. The molecule has 106 valence electrons.